The molecule has 0 unspecified atom stereocenters. The van der Waals surface area contributed by atoms with Gasteiger partial charge in [0.25, 0.3) is 0 Å². The van der Waals surface area contributed by atoms with Crippen LogP contribution in [0.5, 0.6) is 0 Å². The van der Waals surface area contributed by atoms with Crippen LogP contribution in [-0.2, 0) is 0 Å². The molecule has 0 N–H and O–H groups in total. The van der Waals surface area contributed by atoms with Crippen LogP contribution in [-0.4, -0.2) is 0 Å². The van der Waals surface area contributed by atoms with E-state index in [0.717, 1.165) is 0 Å². The molecule has 230 valence electrons. The average molecular weight is 631 g/mol. The summed E-state index contributed by atoms with van der Waals surface area (Å²) in [4.78, 5) is 0. The molecule has 0 amide bonds. The van der Waals surface area contributed by atoms with E-state index in [1.54, 1.807) is 0 Å². The van der Waals surface area contributed by atoms with Crippen molar-refractivity contribution in [2.45, 2.75) is 0 Å². The Kier molecular flexibility index (Phi) is 5.76. The van der Waals surface area contributed by atoms with Gasteiger partial charge in [0.1, 0.15) is 0 Å². The summed E-state index contributed by atoms with van der Waals surface area (Å²) in [5.74, 6) is 0. The van der Waals surface area contributed by atoms with Gasteiger partial charge in [0.05, 0.1) is 0 Å². The summed E-state index contributed by atoms with van der Waals surface area (Å²) in [5.41, 5.74) is 12.9. The van der Waals surface area contributed by atoms with Crippen LogP contribution in [0.2, 0.25) is 0 Å². The van der Waals surface area contributed by atoms with Gasteiger partial charge in [0.2, 0.25) is 0 Å². The van der Waals surface area contributed by atoms with E-state index in [-0.39, 0.29) is 0 Å². The Labute approximate surface area is 290 Å². The number of hydrogen-bond donors (Lipinski definition) is 0. The van der Waals surface area contributed by atoms with Crippen molar-refractivity contribution in [2.24, 2.45) is 0 Å². The molecule has 0 radical (unpaired) electrons. The van der Waals surface area contributed by atoms with E-state index in [9.17, 15) is 0 Å². The Hall–Kier alpha value is -6.50. The lowest BCUT2D eigenvalue weighted by Crippen LogP contribution is -1.88. The monoisotopic (exact) mass is 630 g/mol. The van der Waals surface area contributed by atoms with Crippen molar-refractivity contribution in [3.8, 4) is 55.6 Å². The van der Waals surface area contributed by atoms with E-state index in [1.807, 2.05) is 0 Å². The van der Waals surface area contributed by atoms with E-state index < -0.39 is 0 Å². The van der Waals surface area contributed by atoms with Gasteiger partial charge < -0.3 is 0 Å². The molecule has 0 spiro atoms. The summed E-state index contributed by atoms with van der Waals surface area (Å²) in [6, 6.07) is 67.6. The molecule has 10 aromatic carbocycles. The van der Waals surface area contributed by atoms with Gasteiger partial charge in [-0.3, -0.25) is 0 Å². The predicted molar refractivity (Wildman–Crippen MR) is 215 cm³/mol. The highest BCUT2D eigenvalue weighted by atomic mass is 14.3. The predicted octanol–water partition coefficient (Wildman–Crippen LogP) is 14.1. The fraction of sp³-hybridized carbons (Fsp3) is 0. The van der Waals surface area contributed by atoms with Gasteiger partial charge in [-0.05, 0) is 140 Å². The van der Waals surface area contributed by atoms with E-state index >= 15 is 0 Å². The molecule has 0 saturated carbocycles. The fourth-order valence-electron chi connectivity index (χ4n) is 8.64. The van der Waals surface area contributed by atoms with Crippen molar-refractivity contribution < 1.29 is 0 Å². The van der Waals surface area contributed by atoms with Crippen LogP contribution in [0.15, 0.2) is 182 Å². The van der Waals surface area contributed by atoms with Gasteiger partial charge in [-0.1, -0.05) is 152 Å². The zero-order valence-electron chi connectivity index (χ0n) is 27.3. The Morgan fingerprint density at radius 1 is 0.200 bits per heavy atom. The molecule has 0 heteroatoms. The van der Waals surface area contributed by atoms with E-state index in [0.29, 0.717) is 0 Å². The molecule has 0 bridgehead atoms. The standard InChI is InChI=1S/C50H30/c1-4-13-39-33(10-1)28-37(40-24-25-47-43-16-7-6-15-42(43)46-19-9-18-45(40)50(46)47)30-48(39)35-22-20-32-27-36(23-21-31(32)26-35)49-29-34-11-2-3-12-38(34)41-14-5-8-17-44(41)49/h1-30H. The minimum Gasteiger partial charge on any atom is -0.0616 e. The van der Waals surface area contributed by atoms with Gasteiger partial charge in [-0.15, -0.1) is 0 Å². The fourth-order valence-corrected chi connectivity index (χ4v) is 8.64. The van der Waals surface area contributed by atoms with Crippen LogP contribution in [0.1, 0.15) is 0 Å². The highest BCUT2D eigenvalue weighted by Crippen LogP contribution is 2.49. The quantitative estimate of drug-likeness (QED) is 0.170. The van der Waals surface area contributed by atoms with Gasteiger partial charge >= 0.3 is 0 Å². The van der Waals surface area contributed by atoms with Crippen LogP contribution in [0, 0.1) is 0 Å². The van der Waals surface area contributed by atoms with Crippen LogP contribution >= 0.6 is 0 Å². The molecular formula is C50H30. The first kappa shape index (κ1) is 27.5. The molecule has 10 aromatic rings. The Bertz CT molecular complexity index is 3000. The maximum Gasteiger partial charge on any atom is -0.00201 e. The SMILES string of the molecule is c1ccc2c(c1)-c1cccc3c(-c4cc(-c5ccc6cc(-c7cc8ccccc8c8ccccc78)ccc6c5)c5ccccc5c4)ccc-2c13. The maximum atomic E-state index is 2.41. The molecule has 0 aliphatic heterocycles. The smallest absolute Gasteiger partial charge is 0.00201 e. The molecule has 0 nitrogen and oxygen atoms in total. The van der Waals surface area contributed by atoms with Gasteiger partial charge in [-0.25, -0.2) is 0 Å². The molecule has 11 rings (SSSR count). The summed E-state index contributed by atoms with van der Waals surface area (Å²) in [6.07, 6.45) is 0. The summed E-state index contributed by atoms with van der Waals surface area (Å²) in [5, 5.41) is 12.8. The first-order valence-corrected chi connectivity index (χ1v) is 17.4. The highest BCUT2D eigenvalue weighted by Gasteiger charge is 2.22. The topological polar surface area (TPSA) is 0 Å². The van der Waals surface area contributed by atoms with Crippen LogP contribution < -0.4 is 0 Å². The summed E-state index contributed by atoms with van der Waals surface area (Å²) in [6.45, 7) is 0. The minimum atomic E-state index is 1.23. The first-order valence-electron chi connectivity index (χ1n) is 17.4. The normalized spacial score (nSPS) is 12.0. The lowest BCUT2D eigenvalue weighted by molar-refractivity contribution is 1.65. The molecule has 0 heterocycles. The number of rotatable bonds is 3. The number of hydrogen-bond acceptors (Lipinski definition) is 0. The summed E-state index contributed by atoms with van der Waals surface area (Å²) < 4.78 is 0. The van der Waals surface area contributed by atoms with Crippen LogP contribution in [0.25, 0.3) is 109 Å². The second kappa shape index (κ2) is 10.5. The number of fused-ring (bicyclic) bond motifs is 8. The lowest BCUT2D eigenvalue weighted by Gasteiger charge is -2.15. The van der Waals surface area contributed by atoms with Gasteiger partial charge in [0, 0.05) is 0 Å². The van der Waals surface area contributed by atoms with Gasteiger partial charge in [-0.2, -0.15) is 0 Å². The molecular weight excluding hydrogens is 601 g/mol. The highest BCUT2D eigenvalue weighted by molar-refractivity contribution is 6.19. The molecule has 50 heavy (non-hydrogen) atoms. The van der Waals surface area contributed by atoms with E-state index in [1.165, 1.54) is 109 Å². The third-order valence-corrected chi connectivity index (χ3v) is 11.0. The first-order chi connectivity index (χ1) is 24.8. The number of benzene rings is 10. The molecule has 0 fully saturated rings. The molecule has 0 aromatic heterocycles. The second-order valence-electron chi connectivity index (χ2n) is 13.6. The van der Waals surface area contributed by atoms with Crippen molar-refractivity contribution in [3.05, 3.63) is 182 Å². The van der Waals surface area contributed by atoms with E-state index in [4.69, 9.17) is 0 Å². The summed E-state index contributed by atoms with van der Waals surface area (Å²) in [7, 11) is 0. The third kappa shape index (κ3) is 4.00. The van der Waals surface area contributed by atoms with Crippen molar-refractivity contribution in [2.75, 3.05) is 0 Å². The van der Waals surface area contributed by atoms with Crippen molar-refractivity contribution in [3.63, 3.8) is 0 Å². The Balaban J connectivity index is 1.07. The molecule has 1 aliphatic rings. The van der Waals surface area contributed by atoms with Crippen molar-refractivity contribution >= 4 is 53.9 Å². The second-order valence-corrected chi connectivity index (χ2v) is 13.6. The van der Waals surface area contributed by atoms with E-state index in [2.05, 4.69) is 182 Å². The Morgan fingerprint density at radius 3 is 1.44 bits per heavy atom. The molecule has 0 saturated heterocycles. The molecule has 1 aliphatic carbocycles. The van der Waals surface area contributed by atoms with Crippen LogP contribution in [0.3, 0.4) is 0 Å². The largest absolute Gasteiger partial charge is 0.0616 e. The van der Waals surface area contributed by atoms with Crippen LogP contribution in [0.4, 0.5) is 0 Å². The third-order valence-electron chi connectivity index (χ3n) is 11.0. The maximum absolute atomic E-state index is 2.41. The Morgan fingerprint density at radius 2 is 0.700 bits per heavy atom. The lowest BCUT2D eigenvalue weighted by atomic mass is 9.89. The van der Waals surface area contributed by atoms with Gasteiger partial charge in [0.15, 0.2) is 0 Å². The van der Waals surface area contributed by atoms with Crippen molar-refractivity contribution in [1.82, 2.24) is 0 Å². The molecule has 0 atom stereocenters. The van der Waals surface area contributed by atoms with Crippen molar-refractivity contribution in [1.29, 1.82) is 0 Å². The summed E-state index contributed by atoms with van der Waals surface area (Å²) >= 11 is 0. The average Bonchev–Trinajstić information content (AvgIpc) is 3.51. The zero-order valence-corrected chi connectivity index (χ0v) is 27.3. The zero-order chi connectivity index (χ0) is 32.8. The minimum absolute atomic E-state index is 1.23.